The molecule has 1 aliphatic carbocycles. The molecule has 4 nitrogen and oxygen atoms in total. The monoisotopic (exact) mass is 248 g/mol. The molecule has 98 valence electrons. The van der Waals surface area contributed by atoms with Crippen molar-refractivity contribution in [1.82, 2.24) is 4.90 Å². The SMILES string of the molecule is CN(Cc1cccc(O)c1)C(=O)C1CCC(N)C1. The molecule has 0 bridgehead atoms. The van der Waals surface area contributed by atoms with E-state index in [0.29, 0.717) is 6.54 Å². The van der Waals surface area contributed by atoms with E-state index >= 15 is 0 Å². The van der Waals surface area contributed by atoms with E-state index in [1.165, 1.54) is 0 Å². The van der Waals surface area contributed by atoms with Crippen molar-refractivity contribution in [1.29, 1.82) is 0 Å². The molecule has 0 aliphatic heterocycles. The average Bonchev–Trinajstić information content (AvgIpc) is 2.75. The molecule has 2 rings (SSSR count). The van der Waals surface area contributed by atoms with Crippen molar-refractivity contribution < 1.29 is 9.90 Å². The minimum atomic E-state index is 0.0716. The number of hydrogen-bond acceptors (Lipinski definition) is 3. The number of benzene rings is 1. The van der Waals surface area contributed by atoms with Gasteiger partial charge in [-0.15, -0.1) is 0 Å². The van der Waals surface area contributed by atoms with Crippen LogP contribution >= 0.6 is 0 Å². The normalized spacial score (nSPS) is 23.0. The summed E-state index contributed by atoms with van der Waals surface area (Å²) in [6.07, 6.45) is 2.63. The van der Waals surface area contributed by atoms with Crippen molar-refractivity contribution in [2.24, 2.45) is 11.7 Å². The second-order valence-corrected chi connectivity index (χ2v) is 5.13. The van der Waals surface area contributed by atoms with Gasteiger partial charge in [-0.05, 0) is 37.0 Å². The molecule has 1 fully saturated rings. The van der Waals surface area contributed by atoms with Crippen LogP contribution in [0.5, 0.6) is 5.75 Å². The summed E-state index contributed by atoms with van der Waals surface area (Å²) >= 11 is 0. The van der Waals surface area contributed by atoms with Gasteiger partial charge in [-0.2, -0.15) is 0 Å². The molecular weight excluding hydrogens is 228 g/mol. The first-order valence-electron chi connectivity index (χ1n) is 6.34. The summed E-state index contributed by atoms with van der Waals surface area (Å²) in [4.78, 5) is 13.9. The fraction of sp³-hybridized carbons (Fsp3) is 0.500. The topological polar surface area (TPSA) is 66.6 Å². The smallest absolute Gasteiger partial charge is 0.225 e. The summed E-state index contributed by atoms with van der Waals surface area (Å²) in [5, 5.41) is 9.39. The van der Waals surface area contributed by atoms with E-state index in [4.69, 9.17) is 5.73 Å². The molecule has 0 radical (unpaired) electrons. The standard InChI is InChI=1S/C14H20N2O2/c1-16(9-10-3-2-4-13(17)7-10)14(18)11-5-6-12(15)8-11/h2-4,7,11-12,17H,5-6,8-9,15H2,1H3. The molecule has 3 N–H and O–H groups in total. The summed E-state index contributed by atoms with van der Waals surface area (Å²) in [5.41, 5.74) is 6.77. The molecule has 4 heteroatoms. The van der Waals surface area contributed by atoms with Crippen LogP contribution in [-0.2, 0) is 11.3 Å². The van der Waals surface area contributed by atoms with Crippen LogP contribution in [0, 0.1) is 5.92 Å². The molecule has 18 heavy (non-hydrogen) atoms. The molecule has 1 aliphatic rings. The van der Waals surface area contributed by atoms with E-state index < -0.39 is 0 Å². The maximum absolute atomic E-state index is 12.2. The van der Waals surface area contributed by atoms with Gasteiger partial charge in [0.2, 0.25) is 5.91 Å². The second-order valence-electron chi connectivity index (χ2n) is 5.13. The third-order valence-electron chi connectivity index (χ3n) is 3.53. The Morgan fingerprint density at radius 2 is 2.28 bits per heavy atom. The highest BCUT2D eigenvalue weighted by Crippen LogP contribution is 2.26. The first kappa shape index (κ1) is 12.9. The second kappa shape index (κ2) is 5.40. The zero-order chi connectivity index (χ0) is 13.1. The molecule has 0 spiro atoms. The number of nitrogens with zero attached hydrogens (tertiary/aromatic N) is 1. The number of carbonyl (C=O) groups excluding carboxylic acids is 1. The Hall–Kier alpha value is -1.55. The minimum Gasteiger partial charge on any atom is -0.508 e. The highest BCUT2D eigenvalue weighted by molar-refractivity contribution is 5.79. The van der Waals surface area contributed by atoms with Gasteiger partial charge in [-0.25, -0.2) is 0 Å². The summed E-state index contributed by atoms with van der Waals surface area (Å²) in [6.45, 7) is 0.527. The van der Waals surface area contributed by atoms with E-state index in [1.807, 2.05) is 6.07 Å². The van der Waals surface area contributed by atoms with Crippen molar-refractivity contribution >= 4 is 5.91 Å². The van der Waals surface area contributed by atoms with Crippen molar-refractivity contribution in [2.45, 2.75) is 31.8 Å². The van der Waals surface area contributed by atoms with Gasteiger partial charge in [-0.3, -0.25) is 4.79 Å². The van der Waals surface area contributed by atoms with Crippen LogP contribution in [0.25, 0.3) is 0 Å². The van der Waals surface area contributed by atoms with Gasteiger partial charge in [0.05, 0.1) is 0 Å². The van der Waals surface area contributed by atoms with Crippen molar-refractivity contribution in [3.8, 4) is 5.75 Å². The number of hydrogen-bond donors (Lipinski definition) is 2. The number of rotatable bonds is 3. The third kappa shape index (κ3) is 3.01. The summed E-state index contributed by atoms with van der Waals surface area (Å²) in [6, 6.07) is 7.18. The molecule has 0 saturated heterocycles. The van der Waals surface area contributed by atoms with Gasteiger partial charge < -0.3 is 15.7 Å². The summed E-state index contributed by atoms with van der Waals surface area (Å²) < 4.78 is 0. The maximum Gasteiger partial charge on any atom is 0.225 e. The van der Waals surface area contributed by atoms with Crippen LogP contribution in [0.2, 0.25) is 0 Å². The Kier molecular flexibility index (Phi) is 3.87. The van der Waals surface area contributed by atoms with Gasteiger partial charge in [0.1, 0.15) is 5.75 Å². The molecule has 1 aromatic carbocycles. The van der Waals surface area contributed by atoms with Crippen LogP contribution in [0.4, 0.5) is 0 Å². The Balaban J connectivity index is 1.95. The average molecular weight is 248 g/mol. The number of carbonyl (C=O) groups is 1. The lowest BCUT2D eigenvalue weighted by Gasteiger charge is -2.21. The van der Waals surface area contributed by atoms with Crippen LogP contribution in [0.3, 0.4) is 0 Å². The van der Waals surface area contributed by atoms with E-state index in [2.05, 4.69) is 0 Å². The lowest BCUT2D eigenvalue weighted by molar-refractivity contribution is -0.134. The third-order valence-corrected chi connectivity index (χ3v) is 3.53. The highest BCUT2D eigenvalue weighted by atomic mass is 16.3. The molecule has 2 unspecified atom stereocenters. The quantitative estimate of drug-likeness (QED) is 0.851. The molecule has 1 saturated carbocycles. The van der Waals surface area contributed by atoms with Gasteiger partial charge in [0, 0.05) is 25.6 Å². The lowest BCUT2D eigenvalue weighted by atomic mass is 10.1. The van der Waals surface area contributed by atoms with Gasteiger partial charge in [0.25, 0.3) is 0 Å². The fourth-order valence-electron chi connectivity index (χ4n) is 2.56. The van der Waals surface area contributed by atoms with Crippen LogP contribution in [0.15, 0.2) is 24.3 Å². The Bertz CT molecular complexity index is 434. The van der Waals surface area contributed by atoms with E-state index in [1.54, 1.807) is 30.1 Å². The molecule has 0 aromatic heterocycles. The minimum absolute atomic E-state index is 0.0716. The number of nitrogens with two attached hydrogens (primary N) is 1. The molecule has 1 aromatic rings. The van der Waals surface area contributed by atoms with E-state index in [0.717, 1.165) is 24.8 Å². The predicted octanol–water partition coefficient (Wildman–Crippen LogP) is 1.48. The Labute approximate surface area is 107 Å². The van der Waals surface area contributed by atoms with Gasteiger partial charge >= 0.3 is 0 Å². The van der Waals surface area contributed by atoms with Gasteiger partial charge in [-0.1, -0.05) is 12.1 Å². The largest absolute Gasteiger partial charge is 0.508 e. The first-order chi connectivity index (χ1) is 8.56. The van der Waals surface area contributed by atoms with Crippen LogP contribution in [-0.4, -0.2) is 29.0 Å². The predicted molar refractivity (Wildman–Crippen MR) is 69.9 cm³/mol. The van der Waals surface area contributed by atoms with Crippen molar-refractivity contribution in [3.05, 3.63) is 29.8 Å². The van der Waals surface area contributed by atoms with Crippen LogP contribution < -0.4 is 5.73 Å². The molecule has 2 atom stereocenters. The first-order valence-corrected chi connectivity index (χ1v) is 6.34. The number of phenols is 1. The number of aromatic hydroxyl groups is 1. The Morgan fingerprint density at radius 1 is 1.50 bits per heavy atom. The van der Waals surface area contributed by atoms with E-state index in [9.17, 15) is 9.90 Å². The maximum atomic E-state index is 12.2. The molecule has 1 amide bonds. The summed E-state index contributed by atoms with van der Waals surface area (Å²) in [5.74, 6) is 0.463. The highest BCUT2D eigenvalue weighted by Gasteiger charge is 2.29. The molecular formula is C14H20N2O2. The van der Waals surface area contributed by atoms with Crippen molar-refractivity contribution in [2.75, 3.05) is 7.05 Å². The molecule has 0 heterocycles. The lowest BCUT2D eigenvalue weighted by Crippen LogP contribution is -2.32. The zero-order valence-corrected chi connectivity index (χ0v) is 10.7. The Morgan fingerprint density at radius 3 is 2.89 bits per heavy atom. The number of phenolic OH excluding ortho intramolecular Hbond substituents is 1. The summed E-state index contributed by atoms with van der Waals surface area (Å²) in [7, 11) is 1.80. The van der Waals surface area contributed by atoms with Crippen LogP contribution in [0.1, 0.15) is 24.8 Å². The fourth-order valence-corrected chi connectivity index (χ4v) is 2.56. The zero-order valence-electron chi connectivity index (χ0n) is 10.7. The van der Waals surface area contributed by atoms with Crippen molar-refractivity contribution in [3.63, 3.8) is 0 Å². The number of amides is 1. The van der Waals surface area contributed by atoms with E-state index in [-0.39, 0.29) is 23.6 Å². The van der Waals surface area contributed by atoms with Gasteiger partial charge in [0.15, 0.2) is 0 Å².